The number of halogens is 1. The van der Waals surface area contributed by atoms with Gasteiger partial charge in [-0.05, 0) is 61.1 Å². The van der Waals surface area contributed by atoms with E-state index in [1.807, 2.05) is 12.1 Å². The van der Waals surface area contributed by atoms with E-state index in [0.717, 1.165) is 12.8 Å². The first-order valence-corrected chi connectivity index (χ1v) is 11.4. The smallest absolute Gasteiger partial charge is 0.243 e. The summed E-state index contributed by atoms with van der Waals surface area (Å²) in [5.74, 6) is -0.116. The van der Waals surface area contributed by atoms with Crippen LogP contribution in [0.3, 0.4) is 0 Å². The standard InChI is InChI=1S/C21H23ClN2O3S/c22-17-6-8-18(9-7-17)28(26,27)24-13-11-16(12-14-24)21(25)23-20-10-5-15-3-1-2-4-19(15)20/h1-4,6-9,16,20H,5,10-14H2,(H,23,25)/t20-/m1/s1. The number of carbonyl (C=O) groups is 1. The molecule has 5 nitrogen and oxygen atoms in total. The van der Waals surface area contributed by atoms with Crippen LogP contribution in [0.1, 0.15) is 36.4 Å². The van der Waals surface area contributed by atoms with Gasteiger partial charge in [-0.25, -0.2) is 8.42 Å². The van der Waals surface area contributed by atoms with Gasteiger partial charge in [-0.1, -0.05) is 35.9 Å². The molecule has 28 heavy (non-hydrogen) atoms. The maximum Gasteiger partial charge on any atom is 0.243 e. The van der Waals surface area contributed by atoms with E-state index in [-0.39, 0.29) is 22.8 Å². The number of nitrogens with zero attached hydrogens (tertiary/aromatic N) is 1. The maximum absolute atomic E-state index is 12.8. The second-order valence-electron chi connectivity index (χ2n) is 7.43. The molecule has 2 aliphatic rings. The number of fused-ring (bicyclic) bond motifs is 1. The fourth-order valence-electron chi connectivity index (χ4n) is 4.11. The van der Waals surface area contributed by atoms with E-state index in [1.165, 1.54) is 27.6 Å². The Morgan fingerprint density at radius 2 is 1.68 bits per heavy atom. The average molecular weight is 419 g/mol. The molecule has 0 aromatic heterocycles. The van der Waals surface area contributed by atoms with Crippen molar-refractivity contribution in [2.45, 2.75) is 36.6 Å². The second kappa shape index (κ2) is 7.85. The monoisotopic (exact) mass is 418 g/mol. The summed E-state index contributed by atoms with van der Waals surface area (Å²) in [5.41, 5.74) is 2.51. The van der Waals surface area contributed by atoms with Crippen molar-refractivity contribution in [1.82, 2.24) is 9.62 Å². The van der Waals surface area contributed by atoms with Crippen molar-refractivity contribution in [3.8, 4) is 0 Å². The maximum atomic E-state index is 12.8. The Hall–Kier alpha value is -1.89. The normalized spacial score (nSPS) is 20.7. The first-order valence-electron chi connectivity index (χ1n) is 9.59. The molecule has 1 saturated heterocycles. The number of amides is 1. The molecule has 4 rings (SSSR count). The van der Waals surface area contributed by atoms with Crippen molar-refractivity contribution in [3.05, 3.63) is 64.7 Å². The SMILES string of the molecule is O=C(N[C@@H]1CCc2ccccc21)C1CCN(S(=O)(=O)c2ccc(Cl)cc2)CC1. The Kier molecular flexibility index (Phi) is 5.45. The predicted octanol–water partition coefficient (Wildman–Crippen LogP) is 3.54. The van der Waals surface area contributed by atoms with Crippen LogP contribution in [-0.4, -0.2) is 31.7 Å². The van der Waals surface area contributed by atoms with Crippen LogP contribution in [0.2, 0.25) is 5.02 Å². The number of hydrogen-bond donors (Lipinski definition) is 1. The zero-order valence-corrected chi connectivity index (χ0v) is 17.0. The van der Waals surface area contributed by atoms with Gasteiger partial charge in [0.15, 0.2) is 0 Å². The second-order valence-corrected chi connectivity index (χ2v) is 9.81. The minimum Gasteiger partial charge on any atom is -0.349 e. The first kappa shape index (κ1) is 19.4. The number of carbonyl (C=O) groups excluding carboxylic acids is 1. The number of benzene rings is 2. The third kappa shape index (κ3) is 3.81. The van der Waals surface area contributed by atoms with E-state index in [0.29, 0.717) is 31.0 Å². The van der Waals surface area contributed by atoms with Crippen LogP contribution in [-0.2, 0) is 21.2 Å². The molecule has 1 aliphatic heterocycles. The highest BCUT2D eigenvalue weighted by Crippen LogP contribution is 2.32. The summed E-state index contributed by atoms with van der Waals surface area (Å²) in [6, 6.07) is 14.5. The summed E-state index contributed by atoms with van der Waals surface area (Å²) in [4.78, 5) is 13.0. The number of nitrogens with one attached hydrogen (secondary N) is 1. The molecule has 0 saturated carbocycles. The van der Waals surface area contributed by atoms with E-state index in [2.05, 4.69) is 17.4 Å². The highest BCUT2D eigenvalue weighted by molar-refractivity contribution is 7.89. The molecular formula is C21H23ClN2O3S. The molecule has 148 valence electrons. The molecule has 1 N–H and O–H groups in total. The van der Waals surface area contributed by atoms with Gasteiger partial charge in [0.1, 0.15) is 0 Å². The number of hydrogen-bond acceptors (Lipinski definition) is 3. The van der Waals surface area contributed by atoms with Crippen LogP contribution in [0.25, 0.3) is 0 Å². The van der Waals surface area contributed by atoms with Crippen molar-refractivity contribution in [2.75, 3.05) is 13.1 Å². The lowest BCUT2D eigenvalue weighted by atomic mass is 9.96. The van der Waals surface area contributed by atoms with Crippen molar-refractivity contribution < 1.29 is 13.2 Å². The molecule has 1 heterocycles. The molecule has 1 fully saturated rings. The van der Waals surface area contributed by atoms with E-state index >= 15 is 0 Å². The molecule has 2 aromatic carbocycles. The van der Waals surface area contributed by atoms with Crippen LogP contribution in [0.5, 0.6) is 0 Å². The molecule has 1 amide bonds. The number of rotatable bonds is 4. The van der Waals surface area contributed by atoms with Gasteiger partial charge in [0.25, 0.3) is 0 Å². The fraction of sp³-hybridized carbons (Fsp3) is 0.381. The topological polar surface area (TPSA) is 66.5 Å². The molecule has 1 atom stereocenters. The van der Waals surface area contributed by atoms with Gasteiger partial charge in [0.2, 0.25) is 15.9 Å². The Morgan fingerprint density at radius 3 is 2.39 bits per heavy atom. The van der Waals surface area contributed by atoms with Crippen LogP contribution in [0.15, 0.2) is 53.4 Å². The Balaban J connectivity index is 1.36. The van der Waals surface area contributed by atoms with Gasteiger partial charge in [-0.15, -0.1) is 0 Å². The summed E-state index contributed by atoms with van der Waals surface area (Å²) >= 11 is 5.85. The quantitative estimate of drug-likeness (QED) is 0.825. The highest BCUT2D eigenvalue weighted by Gasteiger charge is 2.33. The van der Waals surface area contributed by atoms with E-state index in [1.54, 1.807) is 12.1 Å². The van der Waals surface area contributed by atoms with E-state index < -0.39 is 10.0 Å². The third-order valence-electron chi connectivity index (χ3n) is 5.73. The molecule has 0 unspecified atom stereocenters. The van der Waals surface area contributed by atoms with Crippen LogP contribution < -0.4 is 5.32 Å². The summed E-state index contributed by atoms with van der Waals surface area (Å²) in [6.45, 7) is 0.703. The minimum absolute atomic E-state index is 0.0326. The van der Waals surface area contributed by atoms with Crippen molar-refractivity contribution >= 4 is 27.5 Å². The van der Waals surface area contributed by atoms with Crippen molar-refractivity contribution in [1.29, 1.82) is 0 Å². The van der Waals surface area contributed by atoms with Crippen molar-refractivity contribution in [2.24, 2.45) is 5.92 Å². The summed E-state index contributed by atoms with van der Waals surface area (Å²) in [7, 11) is -3.55. The Morgan fingerprint density at radius 1 is 1.00 bits per heavy atom. The first-order chi connectivity index (χ1) is 13.4. The van der Waals surface area contributed by atoms with Gasteiger partial charge in [-0.3, -0.25) is 4.79 Å². The number of piperidine rings is 1. The molecule has 0 spiro atoms. The zero-order valence-electron chi connectivity index (χ0n) is 15.5. The van der Waals surface area contributed by atoms with Gasteiger partial charge >= 0.3 is 0 Å². The molecular weight excluding hydrogens is 396 g/mol. The van der Waals surface area contributed by atoms with Crippen molar-refractivity contribution in [3.63, 3.8) is 0 Å². The largest absolute Gasteiger partial charge is 0.349 e. The molecule has 0 bridgehead atoms. The van der Waals surface area contributed by atoms with Gasteiger partial charge in [-0.2, -0.15) is 4.31 Å². The van der Waals surface area contributed by atoms with Gasteiger partial charge < -0.3 is 5.32 Å². The minimum atomic E-state index is -3.55. The van der Waals surface area contributed by atoms with E-state index in [9.17, 15) is 13.2 Å². The van der Waals surface area contributed by atoms with Crippen LogP contribution in [0.4, 0.5) is 0 Å². The fourth-order valence-corrected chi connectivity index (χ4v) is 5.71. The molecule has 1 aliphatic carbocycles. The lowest BCUT2D eigenvalue weighted by Crippen LogP contribution is -2.43. The summed E-state index contributed by atoms with van der Waals surface area (Å²) in [6.07, 6.45) is 2.98. The third-order valence-corrected chi connectivity index (χ3v) is 7.89. The molecule has 7 heteroatoms. The lowest BCUT2D eigenvalue weighted by molar-refractivity contribution is -0.126. The molecule has 0 radical (unpaired) electrons. The number of aryl methyl sites for hydroxylation is 1. The molecule has 2 aromatic rings. The summed E-state index contributed by atoms with van der Waals surface area (Å²) in [5, 5.41) is 3.68. The van der Waals surface area contributed by atoms with Crippen LogP contribution in [0, 0.1) is 5.92 Å². The van der Waals surface area contributed by atoms with E-state index in [4.69, 9.17) is 11.6 Å². The average Bonchev–Trinajstić information content (AvgIpc) is 3.11. The predicted molar refractivity (Wildman–Crippen MR) is 109 cm³/mol. The number of sulfonamides is 1. The Labute approximate surface area is 170 Å². The van der Waals surface area contributed by atoms with Gasteiger partial charge in [0.05, 0.1) is 10.9 Å². The highest BCUT2D eigenvalue weighted by atomic mass is 35.5. The lowest BCUT2D eigenvalue weighted by Gasteiger charge is -2.31. The van der Waals surface area contributed by atoms with Gasteiger partial charge in [0, 0.05) is 24.0 Å². The Bertz CT molecular complexity index is 967. The summed E-state index contributed by atoms with van der Waals surface area (Å²) < 4.78 is 27.0. The zero-order chi connectivity index (χ0) is 19.7. The van der Waals surface area contributed by atoms with Crippen LogP contribution >= 0.6 is 11.6 Å².